The average molecular weight is 295 g/mol. The summed E-state index contributed by atoms with van der Waals surface area (Å²) in [6.45, 7) is 6.88. The van der Waals surface area contributed by atoms with E-state index in [1.54, 1.807) is 45.0 Å². The molecular formula is C15H21NO5. The van der Waals surface area contributed by atoms with Gasteiger partial charge >= 0.3 is 12.1 Å². The number of aryl methyl sites for hydroxylation is 1. The van der Waals surface area contributed by atoms with Crippen molar-refractivity contribution in [2.45, 2.75) is 45.4 Å². The lowest BCUT2D eigenvalue weighted by atomic mass is 10.0. The van der Waals surface area contributed by atoms with Crippen LogP contribution in [0.15, 0.2) is 24.3 Å². The van der Waals surface area contributed by atoms with Crippen LogP contribution in [0, 0.1) is 6.92 Å². The summed E-state index contributed by atoms with van der Waals surface area (Å²) in [6.07, 6.45) is -2.25. The fraction of sp³-hybridized carbons (Fsp3) is 0.467. The number of hydrogen-bond acceptors (Lipinski definition) is 4. The molecule has 0 bridgehead atoms. The summed E-state index contributed by atoms with van der Waals surface area (Å²) in [5.41, 5.74) is 0.643. The van der Waals surface area contributed by atoms with Crippen molar-refractivity contribution < 1.29 is 24.5 Å². The van der Waals surface area contributed by atoms with Gasteiger partial charge in [0.2, 0.25) is 0 Å². The van der Waals surface area contributed by atoms with Gasteiger partial charge in [0, 0.05) is 0 Å². The lowest BCUT2D eigenvalue weighted by Crippen LogP contribution is -2.46. The van der Waals surface area contributed by atoms with E-state index in [9.17, 15) is 19.8 Å². The Morgan fingerprint density at radius 3 is 2.14 bits per heavy atom. The van der Waals surface area contributed by atoms with E-state index < -0.39 is 29.8 Å². The lowest BCUT2D eigenvalue weighted by Gasteiger charge is -2.24. The Labute approximate surface area is 123 Å². The van der Waals surface area contributed by atoms with Crippen LogP contribution in [0.25, 0.3) is 0 Å². The predicted octanol–water partition coefficient (Wildman–Crippen LogP) is 2.01. The summed E-state index contributed by atoms with van der Waals surface area (Å²) in [7, 11) is 0. The first-order valence-corrected chi connectivity index (χ1v) is 6.57. The van der Waals surface area contributed by atoms with Crippen LogP contribution in [0.3, 0.4) is 0 Å². The molecule has 0 radical (unpaired) electrons. The number of hydrogen-bond donors (Lipinski definition) is 3. The number of carbonyl (C=O) groups is 2. The lowest BCUT2D eigenvalue weighted by molar-refractivity contribution is -0.142. The maximum Gasteiger partial charge on any atom is 0.408 e. The second-order valence-electron chi connectivity index (χ2n) is 5.82. The van der Waals surface area contributed by atoms with E-state index in [1.807, 2.05) is 6.92 Å². The molecule has 6 nitrogen and oxygen atoms in total. The summed E-state index contributed by atoms with van der Waals surface area (Å²) in [6, 6.07) is 5.26. The number of aliphatic hydroxyl groups is 1. The molecule has 1 aromatic rings. The van der Waals surface area contributed by atoms with E-state index in [0.29, 0.717) is 5.56 Å². The molecular weight excluding hydrogens is 274 g/mol. The van der Waals surface area contributed by atoms with E-state index >= 15 is 0 Å². The van der Waals surface area contributed by atoms with Crippen LogP contribution in [-0.2, 0) is 9.53 Å². The largest absolute Gasteiger partial charge is 0.480 e. The maximum atomic E-state index is 11.7. The van der Waals surface area contributed by atoms with Crippen molar-refractivity contribution in [3.05, 3.63) is 35.4 Å². The number of carboxylic acids is 1. The molecule has 1 aromatic carbocycles. The van der Waals surface area contributed by atoms with Crippen LogP contribution in [0.1, 0.15) is 38.0 Å². The predicted molar refractivity (Wildman–Crippen MR) is 76.9 cm³/mol. The second kappa shape index (κ2) is 6.58. The molecule has 0 saturated heterocycles. The van der Waals surface area contributed by atoms with Crippen LogP contribution in [0.4, 0.5) is 4.79 Å². The molecule has 0 aliphatic rings. The number of aliphatic hydroxyl groups excluding tert-OH is 1. The van der Waals surface area contributed by atoms with E-state index in [4.69, 9.17) is 4.74 Å². The standard InChI is InChI=1S/C15H21NO5/c1-9-5-7-10(8-6-9)12(17)11(13(18)19)16-14(20)21-15(2,3)4/h5-8,11-12,17H,1-4H3,(H,16,20)(H,18,19)/t11-,12-/m1/s1. The molecule has 1 amide bonds. The Balaban J connectivity index is 2.84. The summed E-state index contributed by atoms with van der Waals surface area (Å²) in [4.78, 5) is 22.9. The Hall–Kier alpha value is -2.08. The van der Waals surface area contributed by atoms with Gasteiger partial charge in [0.25, 0.3) is 0 Å². The van der Waals surface area contributed by atoms with Gasteiger partial charge < -0.3 is 20.3 Å². The average Bonchev–Trinajstić information content (AvgIpc) is 2.33. The number of benzene rings is 1. The smallest absolute Gasteiger partial charge is 0.408 e. The zero-order chi connectivity index (χ0) is 16.2. The molecule has 0 saturated carbocycles. The van der Waals surface area contributed by atoms with Crippen LogP contribution in [0.5, 0.6) is 0 Å². The zero-order valence-electron chi connectivity index (χ0n) is 12.6. The van der Waals surface area contributed by atoms with E-state index in [0.717, 1.165) is 5.56 Å². The minimum Gasteiger partial charge on any atom is -0.480 e. The number of carboxylic acid groups (broad SMARTS) is 1. The molecule has 116 valence electrons. The molecule has 1 rings (SSSR count). The van der Waals surface area contributed by atoms with Crippen molar-refractivity contribution in [2.75, 3.05) is 0 Å². The molecule has 3 N–H and O–H groups in total. The first kappa shape index (κ1) is 17.0. The summed E-state index contributed by atoms with van der Waals surface area (Å²) >= 11 is 0. The van der Waals surface area contributed by atoms with Gasteiger partial charge in [-0.15, -0.1) is 0 Å². The number of ether oxygens (including phenoxy) is 1. The number of rotatable bonds is 4. The quantitative estimate of drug-likeness (QED) is 0.789. The van der Waals surface area contributed by atoms with Crippen molar-refractivity contribution in [1.82, 2.24) is 5.32 Å². The second-order valence-corrected chi connectivity index (χ2v) is 5.82. The van der Waals surface area contributed by atoms with Gasteiger partial charge in [0.15, 0.2) is 6.04 Å². The number of amides is 1. The highest BCUT2D eigenvalue weighted by Crippen LogP contribution is 2.18. The fourth-order valence-electron chi connectivity index (χ4n) is 1.67. The van der Waals surface area contributed by atoms with Gasteiger partial charge in [-0.05, 0) is 33.3 Å². The van der Waals surface area contributed by atoms with Gasteiger partial charge in [0.05, 0.1) is 0 Å². The highest BCUT2D eigenvalue weighted by molar-refractivity contribution is 5.80. The molecule has 0 heterocycles. The van der Waals surface area contributed by atoms with Gasteiger partial charge in [0.1, 0.15) is 11.7 Å². The molecule has 0 aliphatic carbocycles. The van der Waals surface area contributed by atoms with Gasteiger partial charge in [-0.2, -0.15) is 0 Å². The van der Waals surface area contributed by atoms with Gasteiger partial charge in [-0.25, -0.2) is 9.59 Å². The van der Waals surface area contributed by atoms with Crippen LogP contribution >= 0.6 is 0 Å². The van der Waals surface area contributed by atoms with Gasteiger partial charge in [-0.1, -0.05) is 29.8 Å². The monoisotopic (exact) mass is 295 g/mol. The third kappa shape index (κ3) is 5.43. The minimum absolute atomic E-state index is 0.407. The number of aliphatic carboxylic acids is 1. The zero-order valence-corrected chi connectivity index (χ0v) is 12.6. The fourth-order valence-corrected chi connectivity index (χ4v) is 1.67. The normalized spacial score (nSPS) is 14.1. The summed E-state index contributed by atoms with van der Waals surface area (Å²) < 4.78 is 5.00. The van der Waals surface area contributed by atoms with Crippen LogP contribution < -0.4 is 5.32 Å². The Morgan fingerprint density at radius 1 is 1.19 bits per heavy atom. The molecule has 0 unspecified atom stereocenters. The van der Waals surface area contributed by atoms with Crippen LogP contribution in [0.2, 0.25) is 0 Å². The third-order valence-electron chi connectivity index (χ3n) is 2.67. The molecule has 2 atom stereocenters. The van der Waals surface area contributed by atoms with E-state index in [-0.39, 0.29) is 0 Å². The van der Waals surface area contributed by atoms with Crippen molar-refractivity contribution in [1.29, 1.82) is 0 Å². The number of nitrogens with one attached hydrogen (secondary N) is 1. The van der Waals surface area contributed by atoms with Crippen molar-refractivity contribution in [3.63, 3.8) is 0 Å². The Morgan fingerprint density at radius 2 is 1.71 bits per heavy atom. The SMILES string of the molecule is Cc1ccc([C@@H](O)[C@@H](NC(=O)OC(C)(C)C)C(=O)O)cc1. The molecule has 0 spiro atoms. The van der Waals surface area contributed by atoms with Crippen molar-refractivity contribution in [2.24, 2.45) is 0 Å². The first-order valence-electron chi connectivity index (χ1n) is 6.57. The topological polar surface area (TPSA) is 95.9 Å². The highest BCUT2D eigenvalue weighted by Gasteiger charge is 2.31. The Bertz CT molecular complexity index is 504. The molecule has 21 heavy (non-hydrogen) atoms. The minimum atomic E-state index is -1.48. The van der Waals surface area contributed by atoms with Crippen molar-refractivity contribution in [3.8, 4) is 0 Å². The van der Waals surface area contributed by atoms with Crippen molar-refractivity contribution >= 4 is 12.1 Å². The number of carbonyl (C=O) groups excluding carboxylic acids is 1. The molecule has 6 heteroatoms. The van der Waals surface area contributed by atoms with E-state index in [2.05, 4.69) is 5.32 Å². The molecule has 0 aromatic heterocycles. The number of alkyl carbamates (subject to hydrolysis) is 1. The first-order chi connectivity index (χ1) is 9.60. The highest BCUT2D eigenvalue weighted by atomic mass is 16.6. The molecule has 0 fully saturated rings. The van der Waals surface area contributed by atoms with Gasteiger partial charge in [-0.3, -0.25) is 0 Å². The van der Waals surface area contributed by atoms with Crippen LogP contribution in [-0.4, -0.2) is 33.9 Å². The maximum absolute atomic E-state index is 11.7. The van der Waals surface area contributed by atoms with E-state index in [1.165, 1.54) is 0 Å². The third-order valence-corrected chi connectivity index (χ3v) is 2.67. The molecule has 0 aliphatic heterocycles. The summed E-state index contributed by atoms with van der Waals surface area (Å²) in [5, 5.41) is 21.5. The Kier molecular flexibility index (Phi) is 5.32. The summed E-state index contributed by atoms with van der Waals surface area (Å²) in [5.74, 6) is -1.34.